The Morgan fingerprint density at radius 2 is 1.42 bits per heavy atom. The second-order valence-electron chi connectivity index (χ2n) is 3.41. The monoisotopic (exact) mass is 301 g/mol. The van der Waals surface area contributed by atoms with Gasteiger partial charge in [0, 0.05) is 17.1 Å². The molecular weight excluding hydrogens is 283 g/mol. The van der Waals surface area contributed by atoms with Crippen LogP contribution in [0.5, 0.6) is 0 Å². The largest absolute Gasteiger partial charge is 0 e. The first-order chi connectivity index (χ1) is 8.93. The molecule has 0 unspecified atom stereocenters. The van der Waals surface area contributed by atoms with Crippen molar-refractivity contribution < 1.29 is 31.0 Å². The molecule has 0 bridgehead atoms. The minimum absolute atomic E-state index is 0. The van der Waals surface area contributed by atoms with Gasteiger partial charge in [-0.05, 0) is 38.0 Å². The molecule has 0 saturated heterocycles. The van der Waals surface area contributed by atoms with Crippen molar-refractivity contribution >= 4 is 0 Å². The maximum absolute atomic E-state index is 7.50. The third-order valence-electron chi connectivity index (χ3n) is 2.34. The molecule has 1 radical (unpaired) electrons. The van der Waals surface area contributed by atoms with E-state index in [1.165, 1.54) is 32.1 Å². The first-order valence-corrected chi connectivity index (χ1v) is 5.47. The molecule has 1 aliphatic rings. The summed E-state index contributed by atoms with van der Waals surface area (Å²) in [6.45, 7) is 17.2. The van der Waals surface area contributed by atoms with Gasteiger partial charge in [0.1, 0.15) is 0 Å². The van der Waals surface area contributed by atoms with Crippen LogP contribution in [-0.2, 0) is 31.0 Å². The van der Waals surface area contributed by atoms with Crippen LogP contribution in [0.25, 0.3) is 0 Å². The standard InChI is InChI=1S/C12H18.3CO.Mn/c1-2-3-6-9-12-10-7-4-5-8-11-12;3*1-2;/h2,4-5,7-8,12H,1,3,6,9-11H2;;;;. The summed E-state index contributed by atoms with van der Waals surface area (Å²) in [6, 6.07) is 0. The third kappa shape index (κ3) is 22.6. The minimum atomic E-state index is 0. The van der Waals surface area contributed by atoms with Gasteiger partial charge in [-0.3, -0.25) is 0 Å². The van der Waals surface area contributed by atoms with Crippen molar-refractivity contribution in [1.82, 2.24) is 0 Å². The van der Waals surface area contributed by atoms with Crippen molar-refractivity contribution in [1.29, 1.82) is 0 Å². The molecule has 0 amide bonds. The maximum Gasteiger partial charge on any atom is 0 e. The van der Waals surface area contributed by atoms with E-state index < -0.39 is 0 Å². The Hall–Kier alpha value is -1.04. The molecule has 3 nitrogen and oxygen atoms in total. The summed E-state index contributed by atoms with van der Waals surface area (Å²) in [4.78, 5) is 0. The van der Waals surface area contributed by atoms with Crippen LogP contribution in [0.3, 0.4) is 0 Å². The van der Waals surface area contributed by atoms with E-state index in [0.717, 1.165) is 5.92 Å². The fraction of sp³-hybridized carbons (Fsp3) is 0.400. The Labute approximate surface area is 126 Å². The number of allylic oxidation sites excluding steroid dienone is 5. The van der Waals surface area contributed by atoms with Gasteiger partial charge in [-0.15, -0.1) is 6.58 Å². The second kappa shape index (κ2) is 30.2. The van der Waals surface area contributed by atoms with Gasteiger partial charge >= 0.3 is 33.9 Å². The topological polar surface area (TPSA) is 59.7 Å². The predicted molar refractivity (Wildman–Crippen MR) is 66.8 cm³/mol. The van der Waals surface area contributed by atoms with E-state index in [1.54, 1.807) is 0 Å². The zero-order valence-electron chi connectivity index (χ0n) is 10.8. The molecule has 0 heterocycles. The summed E-state index contributed by atoms with van der Waals surface area (Å²) in [6.07, 6.45) is 17.2. The van der Waals surface area contributed by atoms with Crippen molar-refractivity contribution in [2.24, 2.45) is 5.92 Å². The van der Waals surface area contributed by atoms with Crippen LogP contribution in [0.2, 0.25) is 0 Å². The van der Waals surface area contributed by atoms with Gasteiger partial charge in [0.2, 0.25) is 0 Å². The summed E-state index contributed by atoms with van der Waals surface area (Å²) >= 11 is 0. The molecule has 0 aromatic heterocycles. The van der Waals surface area contributed by atoms with E-state index in [0.29, 0.717) is 0 Å². The molecule has 4 heteroatoms. The van der Waals surface area contributed by atoms with Gasteiger partial charge in [0.25, 0.3) is 0 Å². The molecule has 0 aromatic carbocycles. The van der Waals surface area contributed by atoms with Crippen molar-refractivity contribution in [2.75, 3.05) is 0 Å². The van der Waals surface area contributed by atoms with Crippen molar-refractivity contribution in [2.45, 2.75) is 32.1 Å². The fourth-order valence-electron chi connectivity index (χ4n) is 1.58. The Morgan fingerprint density at radius 1 is 1.00 bits per heavy atom. The Kier molecular flexibility index (Phi) is 42.1. The first kappa shape index (κ1) is 26.5. The average molecular weight is 301 g/mol. The molecule has 0 saturated carbocycles. The van der Waals surface area contributed by atoms with E-state index >= 15 is 0 Å². The van der Waals surface area contributed by atoms with Gasteiger partial charge in [-0.25, -0.2) is 0 Å². The van der Waals surface area contributed by atoms with E-state index in [2.05, 4.69) is 50.8 Å². The number of hydrogen-bond donors (Lipinski definition) is 0. The van der Waals surface area contributed by atoms with Gasteiger partial charge in [0.05, 0.1) is 0 Å². The Morgan fingerprint density at radius 3 is 1.79 bits per heavy atom. The molecule has 19 heavy (non-hydrogen) atoms. The van der Waals surface area contributed by atoms with Crippen LogP contribution in [0.1, 0.15) is 32.1 Å². The summed E-state index contributed by atoms with van der Waals surface area (Å²) in [5.41, 5.74) is 0. The third-order valence-corrected chi connectivity index (χ3v) is 2.34. The van der Waals surface area contributed by atoms with Gasteiger partial charge in [-0.1, -0.05) is 30.4 Å². The Balaban J connectivity index is -0.000000142. The number of unbranched alkanes of at least 4 members (excludes halogenated alkanes) is 1. The van der Waals surface area contributed by atoms with Crippen molar-refractivity contribution in [3.63, 3.8) is 0 Å². The molecular formula is C15H18MnO3. The molecule has 0 aromatic rings. The first-order valence-electron chi connectivity index (χ1n) is 5.47. The van der Waals surface area contributed by atoms with Gasteiger partial charge in [0.15, 0.2) is 0 Å². The van der Waals surface area contributed by atoms with E-state index in [4.69, 9.17) is 14.0 Å². The Bertz CT molecular complexity index is 259. The second-order valence-corrected chi connectivity index (χ2v) is 3.41. The zero-order chi connectivity index (χ0) is 14.6. The summed E-state index contributed by atoms with van der Waals surface area (Å²) in [5, 5.41) is 0. The SMILES string of the molecule is C=CCCCC1CC=CC=CC1.[C-]#[O+].[C-]#[O+].[C-]#[O+].[Mn]. The molecule has 1 rings (SSSR count). The average Bonchev–Trinajstić information content (AvgIpc) is 2.75. The van der Waals surface area contributed by atoms with E-state index in [9.17, 15) is 0 Å². The molecule has 0 aliphatic heterocycles. The molecule has 0 spiro atoms. The smallest absolute Gasteiger partial charge is 0 e. The van der Waals surface area contributed by atoms with Crippen LogP contribution in [0, 0.1) is 25.9 Å². The van der Waals surface area contributed by atoms with Crippen LogP contribution in [0.4, 0.5) is 0 Å². The van der Waals surface area contributed by atoms with Crippen molar-refractivity contribution in [3.8, 4) is 0 Å². The van der Waals surface area contributed by atoms with Crippen molar-refractivity contribution in [3.05, 3.63) is 56.9 Å². The molecule has 0 N–H and O–H groups in total. The summed E-state index contributed by atoms with van der Waals surface area (Å²) in [7, 11) is 0. The molecule has 103 valence electrons. The summed E-state index contributed by atoms with van der Waals surface area (Å²) in [5.74, 6) is 0.875. The number of hydrogen-bond acceptors (Lipinski definition) is 0. The van der Waals surface area contributed by atoms with Gasteiger partial charge < -0.3 is 0 Å². The normalized spacial score (nSPS) is 11.5. The van der Waals surface area contributed by atoms with E-state index in [-0.39, 0.29) is 17.1 Å². The maximum atomic E-state index is 7.50. The molecule has 1 aliphatic carbocycles. The number of rotatable bonds is 4. The van der Waals surface area contributed by atoms with E-state index in [1.807, 2.05) is 6.08 Å². The minimum Gasteiger partial charge on any atom is 0 e. The fourth-order valence-corrected chi connectivity index (χ4v) is 1.58. The van der Waals surface area contributed by atoms with Crippen LogP contribution >= 0.6 is 0 Å². The molecule has 0 fully saturated rings. The quantitative estimate of drug-likeness (QED) is 0.250. The van der Waals surface area contributed by atoms with Crippen LogP contribution in [-0.4, -0.2) is 0 Å². The van der Waals surface area contributed by atoms with Gasteiger partial charge in [-0.2, -0.15) is 0 Å². The van der Waals surface area contributed by atoms with Crippen LogP contribution in [0.15, 0.2) is 37.0 Å². The molecule has 0 atom stereocenters. The van der Waals surface area contributed by atoms with Crippen LogP contribution < -0.4 is 0 Å². The predicted octanol–water partition coefficient (Wildman–Crippen LogP) is 3.75. The zero-order valence-corrected chi connectivity index (χ0v) is 12.0. The summed E-state index contributed by atoms with van der Waals surface area (Å²) < 4.78 is 22.5.